The molecule has 3 aromatic carbocycles. The van der Waals surface area contributed by atoms with Gasteiger partial charge in [-0.3, -0.25) is 4.79 Å². The Labute approximate surface area is 182 Å². The Bertz CT molecular complexity index is 1320. The zero-order chi connectivity index (χ0) is 21.8. The number of ketones is 1. The van der Waals surface area contributed by atoms with Crippen molar-refractivity contribution in [3.8, 4) is 17.0 Å². The number of aromatic amines is 1. The van der Waals surface area contributed by atoms with Crippen molar-refractivity contribution >= 4 is 28.3 Å². The summed E-state index contributed by atoms with van der Waals surface area (Å²) in [5.41, 5.74) is 3.28. The first-order valence-corrected chi connectivity index (χ1v) is 10.4. The molecule has 6 heteroatoms. The molecule has 31 heavy (non-hydrogen) atoms. The molecular formula is C25H19ClFNO3. The molecule has 3 N–H and O–H groups in total. The third-order valence-electron chi connectivity index (χ3n) is 6.14. The highest BCUT2D eigenvalue weighted by Crippen LogP contribution is 2.48. The lowest BCUT2D eigenvalue weighted by atomic mass is 9.93. The lowest BCUT2D eigenvalue weighted by Gasteiger charge is -2.13. The second kappa shape index (κ2) is 7.22. The summed E-state index contributed by atoms with van der Waals surface area (Å²) in [7, 11) is 0. The molecule has 4 aromatic rings. The van der Waals surface area contributed by atoms with Crippen molar-refractivity contribution in [3.05, 3.63) is 88.2 Å². The smallest absolute Gasteiger partial charge is 0.200 e. The summed E-state index contributed by atoms with van der Waals surface area (Å²) < 4.78 is 13.6. The van der Waals surface area contributed by atoms with Crippen LogP contribution in [0, 0.1) is 5.82 Å². The van der Waals surface area contributed by atoms with Gasteiger partial charge in [0, 0.05) is 21.9 Å². The Hall–Kier alpha value is -3.15. The molecule has 0 amide bonds. The Morgan fingerprint density at radius 2 is 1.84 bits per heavy atom. The number of nitrogens with one attached hydrogen (secondary N) is 1. The van der Waals surface area contributed by atoms with E-state index in [1.165, 1.54) is 18.2 Å². The van der Waals surface area contributed by atoms with Crippen LogP contribution in [0.5, 0.6) is 5.88 Å². The Kier molecular flexibility index (Phi) is 4.61. The highest BCUT2D eigenvalue weighted by atomic mass is 35.5. The quantitative estimate of drug-likeness (QED) is 0.358. The summed E-state index contributed by atoms with van der Waals surface area (Å²) in [6.07, 6.45) is 1.95. The zero-order valence-corrected chi connectivity index (χ0v) is 17.2. The van der Waals surface area contributed by atoms with Gasteiger partial charge >= 0.3 is 0 Å². The van der Waals surface area contributed by atoms with E-state index in [0.29, 0.717) is 21.5 Å². The van der Waals surface area contributed by atoms with Crippen LogP contribution in [0.25, 0.3) is 22.0 Å². The van der Waals surface area contributed by atoms with Gasteiger partial charge in [-0.2, -0.15) is 0 Å². The number of carbonyl (C=O) groups is 1. The third kappa shape index (κ3) is 3.30. The van der Waals surface area contributed by atoms with Crippen molar-refractivity contribution in [1.29, 1.82) is 0 Å². The van der Waals surface area contributed by atoms with Crippen LogP contribution in [-0.4, -0.2) is 27.6 Å². The van der Waals surface area contributed by atoms with Crippen molar-refractivity contribution in [1.82, 2.24) is 4.98 Å². The average Bonchev–Trinajstić information content (AvgIpc) is 3.50. The van der Waals surface area contributed by atoms with E-state index in [0.717, 1.165) is 30.0 Å². The first-order chi connectivity index (χ1) is 14.9. The van der Waals surface area contributed by atoms with Crippen LogP contribution in [-0.2, 0) is 5.41 Å². The number of hydrogen-bond donors (Lipinski definition) is 3. The van der Waals surface area contributed by atoms with Crippen LogP contribution >= 0.6 is 11.6 Å². The molecule has 0 bridgehead atoms. The van der Waals surface area contributed by atoms with Gasteiger partial charge in [0.1, 0.15) is 5.82 Å². The predicted octanol–water partition coefficient (Wildman–Crippen LogP) is 5.59. The summed E-state index contributed by atoms with van der Waals surface area (Å²) in [5.74, 6) is -1.29. The largest absolute Gasteiger partial charge is 0.494 e. The standard InChI is InChI=1S/C25H19ClFNO3/c26-20-12-21-19(22(24(31)28-21)23(30)15-2-1-3-17(27)10-15)11-18(20)14-4-6-16(7-5-14)25(13-29)8-9-25/h1-7,10-12,28-29,31H,8-9,13H2. The summed E-state index contributed by atoms with van der Waals surface area (Å²) >= 11 is 6.51. The van der Waals surface area contributed by atoms with Crippen LogP contribution in [0.2, 0.25) is 5.02 Å². The Balaban J connectivity index is 1.60. The van der Waals surface area contributed by atoms with Crippen LogP contribution < -0.4 is 0 Å². The number of carbonyl (C=O) groups excluding carboxylic acids is 1. The second-order valence-electron chi connectivity index (χ2n) is 8.08. The highest BCUT2D eigenvalue weighted by molar-refractivity contribution is 6.34. The van der Waals surface area contributed by atoms with Crippen LogP contribution in [0.3, 0.4) is 0 Å². The van der Waals surface area contributed by atoms with E-state index in [2.05, 4.69) is 4.98 Å². The maximum absolute atomic E-state index is 13.6. The number of aromatic nitrogens is 1. The molecule has 0 aliphatic heterocycles. The number of H-pyrrole nitrogens is 1. The number of aromatic hydroxyl groups is 1. The van der Waals surface area contributed by atoms with Crippen LogP contribution in [0.1, 0.15) is 34.3 Å². The number of aliphatic hydroxyl groups excluding tert-OH is 1. The molecule has 0 radical (unpaired) electrons. The fourth-order valence-corrected chi connectivity index (χ4v) is 4.39. The fourth-order valence-electron chi connectivity index (χ4n) is 4.12. The molecule has 0 unspecified atom stereocenters. The molecule has 1 fully saturated rings. The van der Waals surface area contributed by atoms with Crippen LogP contribution in [0.15, 0.2) is 60.7 Å². The molecule has 1 heterocycles. The van der Waals surface area contributed by atoms with Crippen molar-refractivity contribution in [3.63, 3.8) is 0 Å². The summed E-state index contributed by atoms with van der Waals surface area (Å²) in [4.78, 5) is 15.8. The molecular weight excluding hydrogens is 417 g/mol. The predicted molar refractivity (Wildman–Crippen MR) is 118 cm³/mol. The highest BCUT2D eigenvalue weighted by Gasteiger charge is 2.43. The van der Waals surface area contributed by atoms with E-state index in [-0.39, 0.29) is 29.0 Å². The lowest BCUT2D eigenvalue weighted by Crippen LogP contribution is -2.11. The van der Waals surface area contributed by atoms with Gasteiger partial charge in [0.25, 0.3) is 0 Å². The van der Waals surface area contributed by atoms with E-state index < -0.39 is 11.6 Å². The summed E-state index contributed by atoms with van der Waals surface area (Å²) in [6, 6.07) is 16.7. The third-order valence-corrected chi connectivity index (χ3v) is 6.46. The number of rotatable bonds is 5. The molecule has 0 atom stereocenters. The molecule has 4 nitrogen and oxygen atoms in total. The molecule has 0 saturated heterocycles. The van der Waals surface area contributed by atoms with Gasteiger partial charge in [-0.05, 0) is 48.2 Å². The van der Waals surface area contributed by atoms with E-state index in [9.17, 15) is 19.4 Å². The van der Waals surface area contributed by atoms with E-state index >= 15 is 0 Å². The Morgan fingerprint density at radius 3 is 2.48 bits per heavy atom. The van der Waals surface area contributed by atoms with E-state index in [4.69, 9.17) is 11.6 Å². The number of hydrogen-bond acceptors (Lipinski definition) is 3. The monoisotopic (exact) mass is 435 g/mol. The minimum Gasteiger partial charge on any atom is -0.494 e. The molecule has 1 saturated carbocycles. The lowest BCUT2D eigenvalue weighted by molar-refractivity contribution is 0.103. The van der Waals surface area contributed by atoms with E-state index in [1.807, 2.05) is 24.3 Å². The molecule has 0 spiro atoms. The molecule has 1 aliphatic rings. The normalized spacial score (nSPS) is 14.7. The maximum atomic E-state index is 13.6. The SMILES string of the molecule is O=C(c1cccc(F)c1)c1c(O)[nH]c2cc(Cl)c(-c3ccc(C4(CO)CC4)cc3)cc12. The first-order valence-electron chi connectivity index (χ1n) is 9.98. The maximum Gasteiger partial charge on any atom is 0.200 e. The van der Waals surface area contributed by atoms with Gasteiger partial charge in [0.15, 0.2) is 5.78 Å². The number of fused-ring (bicyclic) bond motifs is 1. The van der Waals surface area contributed by atoms with Gasteiger partial charge in [-0.1, -0.05) is 48.0 Å². The van der Waals surface area contributed by atoms with Gasteiger partial charge in [-0.25, -0.2) is 4.39 Å². The van der Waals surface area contributed by atoms with Crippen molar-refractivity contribution in [2.24, 2.45) is 0 Å². The van der Waals surface area contributed by atoms with Gasteiger partial charge in [-0.15, -0.1) is 0 Å². The number of aliphatic hydroxyl groups is 1. The van der Waals surface area contributed by atoms with Gasteiger partial charge in [0.05, 0.1) is 22.7 Å². The topological polar surface area (TPSA) is 73.3 Å². The first kappa shape index (κ1) is 19.8. The minimum absolute atomic E-state index is 0.0763. The Morgan fingerprint density at radius 1 is 1.10 bits per heavy atom. The molecule has 5 rings (SSSR count). The number of benzene rings is 3. The van der Waals surface area contributed by atoms with Gasteiger partial charge < -0.3 is 15.2 Å². The molecule has 1 aromatic heterocycles. The van der Waals surface area contributed by atoms with Crippen LogP contribution in [0.4, 0.5) is 4.39 Å². The molecule has 156 valence electrons. The van der Waals surface area contributed by atoms with Crippen molar-refractivity contribution in [2.45, 2.75) is 18.3 Å². The zero-order valence-electron chi connectivity index (χ0n) is 16.5. The average molecular weight is 436 g/mol. The fraction of sp³-hybridized carbons (Fsp3) is 0.160. The number of halogens is 2. The summed E-state index contributed by atoms with van der Waals surface area (Å²) in [6.45, 7) is 0.132. The second-order valence-corrected chi connectivity index (χ2v) is 8.49. The van der Waals surface area contributed by atoms with Crippen molar-refractivity contribution < 1.29 is 19.4 Å². The van der Waals surface area contributed by atoms with Crippen molar-refractivity contribution in [2.75, 3.05) is 6.61 Å². The van der Waals surface area contributed by atoms with Gasteiger partial charge in [0.2, 0.25) is 5.88 Å². The summed E-state index contributed by atoms with van der Waals surface area (Å²) in [5, 5.41) is 21.0. The van der Waals surface area contributed by atoms with E-state index in [1.54, 1.807) is 12.1 Å². The molecule has 1 aliphatic carbocycles. The minimum atomic E-state index is -0.523.